The molecule has 0 saturated heterocycles. The molecule has 138 valence electrons. The summed E-state index contributed by atoms with van der Waals surface area (Å²) in [5.74, 6) is 9.92. The number of benzene rings is 1. The van der Waals surface area contributed by atoms with Gasteiger partial charge in [-0.05, 0) is 35.8 Å². The Bertz CT molecular complexity index is 385. The van der Waals surface area contributed by atoms with Crippen LogP contribution >= 0.6 is 47.0 Å². The van der Waals surface area contributed by atoms with Crippen LogP contribution in [-0.4, -0.2) is 59.1 Å². The lowest BCUT2D eigenvalue weighted by atomic mass is 10.2. The summed E-state index contributed by atoms with van der Waals surface area (Å²) in [5, 5.41) is 0. The van der Waals surface area contributed by atoms with Crippen molar-refractivity contribution in [3.8, 4) is 0 Å². The lowest BCUT2D eigenvalue weighted by Crippen LogP contribution is -2.28. The van der Waals surface area contributed by atoms with Gasteiger partial charge < -0.3 is 10.6 Å². The Morgan fingerprint density at radius 3 is 1.62 bits per heavy atom. The van der Waals surface area contributed by atoms with Gasteiger partial charge in [-0.25, -0.2) is 0 Å². The summed E-state index contributed by atoms with van der Waals surface area (Å²) in [5.41, 5.74) is 7.98. The van der Waals surface area contributed by atoms with Crippen LogP contribution < -0.4 is 10.6 Å². The van der Waals surface area contributed by atoms with Crippen LogP contribution in [0.3, 0.4) is 0 Å². The van der Waals surface area contributed by atoms with Gasteiger partial charge in [-0.3, -0.25) is 0 Å². The highest BCUT2D eigenvalue weighted by atomic mass is 32.2. The van der Waals surface area contributed by atoms with E-state index in [-0.39, 0.29) is 0 Å². The summed E-state index contributed by atoms with van der Waals surface area (Å²) in [6.45, 7) is 6.70. The van der Waals surface area contributed by atoms with E-state index in [0.29, 0.717) is 0 Å². The van der Waals surface area contributed by atoms with Crippen LogP contribution in [0.15, 0.2) is 24.3 Å². The molecule has 2 N–H and O–H groups in total. The zero-order chi connectivity index (χ0) is 17.5. The first kappa shape index (κ1) is 22.3. The molecule has 0 aliphatic rings. The van der Waals surface area contributed by atoms with E-state index >= 15 is 0 Å². The third kappa shape index (κ3) is 11.0. The summed E-state index contributed by atoms with van der Waals surface area (Å²) in [7, 11) is 0. The molecule has 0 saturated carbocycles. The van der Waals surface area contributed by atoms with Crippen molar-refractivity contribution in [3.63, 3.8) is 0 Å². The van der Waals surface area contributed by atoms with Crippen molar-refractivity contribution in [1.82, 2.24) is 0 Å². The first-order chi connectivity index (χ1) is 11.8. The van der Waals surface area contributed by atoms with Crippen LogP contribution in [0.4, 0.5) is 11.4 Å². The molecule has 2 nitrogen and oxygen atoms in total. The van der Waals surface area contributed by atoms with Crippen LogP contribution in [0, 0.1) is 0 Å². The van der Waals surface area contributed by atoms with Crippen molar-refractivity contribution in [2.45, 2.75) is 13.8 Å². The zero-order valence-corrected chi connectivity index (χ0v) is 18.3. The van der Waals surface area contributed by atoms with E-state index in [1.54, 1.807) is 0 Å². The Morgan fingerprint density at radius 2 is 1.17 bits per heavy atom. The molecule has 0 atom stereocenters. The minimum Gasteiger partial charge on any atom is -0.399 e. The van der Waals surface area contributed by atoms with Gasteiger partial charge in [-0.15, -0.1) is 0 Å². The minimum atomic E-state index is 0.843. The standard InChI is InChI=1S/C18H32N2S4/c1-3-21-13-15-23-11-9-20(10-12-24-16-14-22-4-2)18-7-5-17(19)6-8-18/h5-8H,3-4,9-16,19H2,1-2H3. The van der Waals surface area contributed by atoms with Crippen molar-refractivity contribution >= 4 is 58.4 Å². The van der Waals surface area contributed by atoms with Crippen LogP contribution in [0.2, 0.25) is 0 Å². The molecule has 0 spiro atoms. The molecule has 0 amide bonds. The molecule has 0 heterocycles. The molecule has 0 bridgehead atoms. The maximum Gasteiger partial charge on any atom is 0.0368 e. The fourth-order valence-electron chi connectivity index (χ4n) is 2.13. The molecule has 0 radical (unpaired) electrons. The average molecular weight is 405 g/mol. The van der Waals surface area contributed by atoms with Crippen LogP contribution in [-0.2, 0) is 0 Å². The monoisotopic (exact) mass is 404 g/mol. The third-order valence-corrected chi connectivity index (χ3v) is 7.67. The van der Waals surface area contributed by atoms with E-state index in [1.807, 2.05) is 35.7 Å². The number of nitrogen functional groups attached to an aromatic ring is 1. The van der Waals surface area contributed by atoms with E-state index in [0.717, 1.165) is 18.8 Å². The molecule has 1 aromatic carbocycles. The molecule has 0 fully saturated rings. The second kappa shape index (κ2) is 15.5. The zero-order valence-electron chi connectivity index (χ0n) is 15.0. The van der Waals surface area contributed by atoms with E-state index in [9.17, 15) is 0 Å². The molecule has 6 heteroatoms. The topological polar surface area (TPSA) is 29.3 Å². The van der Waals surface area contributed by atoms with Gasteiger partial charge in [0, 0.05) is 59.0 Å². The lowest BCUT2D eigenvalue weighted by molar-refractivity contribution is 0.879. The molecule has 0 unspecified atom stereocenters. The van der Waals surface area contributed by atoms with Crippen molar-refractivity contribution in [2.24, 2.45) is 0 Å². The predicted molar refractivity (Wildman–Crippen MR) is 124 cm³/mol. The Labute approximate surface area is 165 Å². The summed E-state index contributed by atoms with van der Waals surface area (Å²) >= 11 is 8.21. The van der Waals surface area contributed by atoms with Gasteiger partial charge in [0.05, 0.1) is 0 Å². The van der Waals surface area contributed by atoms with Crippen molar-refractivity contribution in [2.75, 3.05) is 69.7 Å². The number of nitrogens with two attached hydrogens (primary N) is 1. The van der Waals surface area contributed by atoms with Crippen molar-refractivity contribution in [1.29, 1.82) is 0 Å². The molecular formula is C18H32N2S4. The highest BCUT2D eigenvalue weighted by Gasteiger charge is 2.06. The van der Waals surface area contributed by atoms with Gasteiger partial charge in [0.25, 0.3) is 0 Å². The fraction of sp³-hybridized carbons (Fsp3) is 0.667. The number of rotatable bonds is 15. The SMILES string of the molecule is CCSCCSCCN(CCSCCSCC)c1ccc(N)cc1. The van der Waals surface area contributed by atoms with E-state index in [1.165, 1.54) is 51.7 Å². The Hall–Kier alpha value is 0.220. The molecule has 24 heavy (non-hydrogen) atoms. The molecular weight excluding hydrogens is 372 g/mol. The van der Waals surface area contributed by atoms with Crippen molar-refractivity contribution < 1.29 is 0 Å². The van der Waals surface area contributed by atoms with Gasteiger partial charge in [-0.2, -0.15) is 47.0 Å². The van der Waals surface area contributed by atoms with Gasteiger partial charge >= 0.3 is 0 Å². The maximum absolute atomic E-state index is 5.83. The highest BCUT2D eigenvalue weighted by Crippen LogP contribution is 2.18. The number of nitrogens with zero attached hydrogens (tertiary/aromatic N) is 1. The Kier molecular flexibility index (Phi) is 14.4. The largest absolute Gasteiger partial charge is 0.399 e. The number of thioether (sulfide) groups is 4. The van der Waals surface area contributed by atoms with Gasteiger partial charge in [0.2, 0.25) is 0 Å². The Morgan fingerprint density at radius 1 is 0.708 bits per heavy atom. The quantitative estimate of drug-likeness (QED) is 0.325. The van der Waals surface area contributed by atoms with Crippen LogP contribution in [0.1, 0.15) is 13.8 Å². The highest BCUT2D eigenvalue weighted by molar-refractivity contribution is 8.03. The summed E-state index contributed by atoms with van der Waals surface area (Å²) in [6, 6.07) is 8.34. The second-order valence-corrected chi connectivity index (χ2v) is 10.4. The fourth-order valence-corrected chi connectivity index (χ4v) is 5.70. The number of anilines is 2. The summed E-state index contributed by atoms with van der Waals surface area (Å²) in [6.07, 6.45) is 0. The van der Waals surface area contributed by atoms with Gasteiger partial charge in [0.15, 0.2) is 0 Å². The molecule has 0 aliphatic heterocycles. The van der Waals surface area contributed by atoms with Gasteiger partial charge in [0.1, 0.15) is 0 Å². The van der Waals surface area contributed by atoms with E-state index in [2.05, 4.69) is 54.4 Å². The smallest absolute Gasteiger partial charge is 0.0368 e. The van der Waals surface area contributed by atoms with E-state index < -0.39 is 0 Å². The molecule has 1 aromatic rings. The normalized spacial score (nSPS) is 10.9. The first-order valence-electron chi connectivity index (χ1n) is 8.69. The lowest BCUT2D eigenvalue weighted by Gasteiger charge is -2.25. The van der Waals surface area contributed by atoms with Crippen LogP contribution in [0.5, 0.6) is 0 Å². The van der Waals surface area contributed by atoms with E-state index in [4.69, 9.17) is 5.73 Å². The second-order valence-electron chi connectivity index (χ2n) is 5.20. The number of hydrogen-bond acceptors (Lipinski definition) is 6. The maximum atomic E-state index is 5.83. The average Bonchev–Trinajstić information content (AvgIpc) is 2.60. The number of hydrogen-bond donors (Lipinski definition) is 1. The van der Waals surface area contributed by atoms with Crippen molar-refractivity contribution in [3.05, 3.63) is 24.3 Å². The van der Waals surface area contributed by atoms with Gasteiger partial charge in [-0.1, -0.05) is 13.8 Å². The third-order valence-electron chi connectivity index (χ3n) is 3.42. The predicted octanol–water partition coefficient (Wildman–Crippen LogP) is 5.05. The first-order valence-corrected chi connectivity index (χ1v) is 13.3. The minimum absolute atomic E-state index is 0.843. The summed E-state index contributed by atoms with van der Waals surface area (Å²) in [4.78, 5) is 2.51. The molecule has 0 aromatic heterocycles. The Balaban J connectivity index is 2.34. The van der Waals surface area contributed by atoms with Crippen LogP contribution in [0.25, 0.3) is 0 Å². The summed E-state index contributed by atoms with van der Waals surface area (Å²) < 4.78 is 0. The molecule has 0 aliphatic carbocycles. The molecule has 1 rings (SSSR count).